The van der Waals surface area contributed by atoms with Crippen LogP contribution < -0.4 is 0 Å². The first-order valence-electron chi connectivity index (χ1n) is 8.06. The summed E-state index contributed by atoms with van der Waals surface area (Å²) in [5.41, 5.74) is 0.508. The number of fused-ring (bicyclic) bond motifs is 2. The molecule has 0 spiro atoms. The largest absolute Gasteiger partial charge is 0.431 e. The van der Waals surface area contributed by atoms with Gasteiger partial charge in [0.2, 0.25) is 0 Å². The number of hydrogen-bond acceptors (Lipinski definition) is 2. The van der Waals surface area contributed by atoms with Crippen LogP contribution in [0.3, 0.4) is 0 Å². The summed E-state index contributed by atoms with van der Waals surface area (Å²) in [6.45, 7) is 20.7. The van der Waals surface area contributed by atoms with Crippen LogP contribution >= 0.6 is 0 Å². The topological polar surface area (TPSA) is 18.5 Å². The summed E-state index contributed by atoms with van der Waals surface area (Å²) in [5.74, 6) is 0.485. The Bertz CT molecular complexity index is 372. The van der Waals surface area contributed by atoms with E-state index in [9.17, 15) is 0 Å². The quantitative estimate of drug-likeness (QED) is 0.676. The highest BCUT2D eigenvalue weighted by Gasteiger charge is 2.66. The van der Waals surface area contributed by atoms with Crippen LogP contribution in [0.4, 0.5) is 0 Å². The lowest BCUT2D eigenvalue weighted by atomic mass is 9.56. The molecule has 2 aliphatic rings. The van der Waals surface area contributed by atoms with E-state index in [-0.39, 0.29) is 34.0 Å². The Kier molecular flexibility index (Phi) is 3.67. The summed E-state index contributed by atoms with van der Waals surface area (Å²) in [7, 11) is 0.767. The molecule has 2 bridgehead atoms. The van der Waals surface area contributed by atoms with E-state index in [0.717, 1.165) is 13.9 Å². The van der Waals surface area contributed by atoms with Crippen molar-refractivity contribution in [3.05, 3.63) is 0 Å². The molecule has 0 N–H and O–H groups in total. The summed E-state index contributed by atoms with van der Waals surface area (Å²) in [6.07, 6.45) is 1.53. The third-order valence-electron chi connectivity index (χ3n) is 4.69. The SMILES string of the molecule is CC(C)(C)CC12BOC(C(C(C)(C)C)O1)C2C(C)(C)C. The number of ether oxygens (including phenoxy) is 1. The van der Waals surface area contributed by atoms with Crippen LogP contribution in [-0.4, -0.2) is 25.2 Å². The standard InChI is InChI=1S/C17H33BO2/c1-14(2,3)10-17-12(15(4,5)6)11(20-18-17)13(19-17)16(7,8)9/h11-13,18H,10H2,1-9H3. The van der Waals surface area contributed by atoms with Gasteiger partial charge in [0.05, 0.1) is 17.7 Å². The number of hydrogen-bond donors (Lipinski definition) is 0. The first-order valence-corrected chi connectivity index (χ1v) is 8.06. The van der Waals surface area contributed by atoms with Crippen LogP contribution in [0.15, 0.2) is 0 Å². The summed E-state index contributed by atoms with van der Waals surface area (Å²) in [5, 5.41) is 0. The Morgan fingerprint density at radius 2 is 1.45 bits per heavy atom. The minimum absolute atomic E-state index is 0.0981. The zero-order valence-corrected chi connectivity index (χ0v) is 15.0. The lowest BCUT2D eigenvalue weighted by Crippen LogP contribution is -2.48. The van der Waals surface area contributed by atoms with E-state index in [0.29, 0.717) is 5.92 Å². The normalized spacial score (nSPS) is 38.1. The van der Waals surface area contributed by atoms with Gasteiger partial charge >= 0.3 is 7.48 Å². The van der Waals surface area contributed by atoms with Gasteiger partial charge in [0.1, 0.15) is 0 Å². The van der Waals surface area contributed by atoms with Crippen LogP contribution in [0.25, 0.3) is 0 Å². The molecule has 4 atom stereocenters. The van der Waals surface area contributed by atoms with Crippen molar-refractivity contribution < 1.29 is 9.39 Å². The Morgan fingerprint density at radius 3 is 1.85 bits per heavy atom. The highest BCUT2D eigenvalue weighted by atomic mass is 16.6. The maximum Gasteiger partial charge on any atom is 0.308 e. The lowest BCUT2D eigenvalue weighted by molar-refractivity contribution is -0.102. The number of rotatable bonds is 1. The molecule has 0 saturated carbocycles. The summed E-state index contributed by atoms with van der Waals surface area (Å²) >= 11 is 0. The Hall–Kier alpha value is -0.0151. The van der Waals surface area contributed by atoms with Gasteiger partial charge in [0.25, 0.3) is 0 Å². The van der Waals surface area contributed by atoms with Crippen LogP contribution in [0.5, 0.6) is 0 Å². The first kappa shape index (κ1) is 16.4. The van der Waals surface area contributed by atoms with Gasteiger partial charge in [-0.25, -0.2) is 0 Å². The predicted molar refractivity (Wildman–Crippen MR) is 86.1 cm³/mol. The summed E-state index contributed by atoms with van der Waals surface area (Å²) in [4.78, 5) is 0. The smallest absolute Gasteiger partial charge is 0.308 e. The van der Waals surface area contributed by atoms with Crippen molar-refractivity contribution in [3.63, 3.8) is 0 Å². The molecule has 2 aliphatic heterocycles. The monoisotopic (exact) mass is 280 g/mol. The van der Waals surface area contributed by atoms with E-state index in [1.807, 2.05) is 0 Å². The van der Waals surface area contributed by atoms with E-state index < -0.39 is 0 Å². The van der Waals surface area contributed by atoms with Gasteiger partial charge in [-0.1, -0.05) is 62.3 Å². The minimum atomic E-state index is -0.0981. The van der Waals surface area contributed by atoms with E-state index in [4.69, 9.17) is 9.39 Å². The Morgan fingerprint density at radius 1 is 0.900 bits per heavy atom. The molecule has 0 aromatic heterocycles. The van der Waals surface area contributed by atoms with Crippen molar-refractivity contribution >= 4 is 7.48 Å². The molecule has 0 aromatic carbocycles. The van der Waals surface area contributed by atoms with Crippen LogP contribution in [0, 0.1) is 22.2 Å². The molecule has 2 heterocycles. The molecule has 20 heavy (non-hydrogen) atoms. The van der Waals surface area contributed by atoms with Crippen molar-refractivity contribution in [2.45, 2.75) is 86.4 Å². The lowest BCUT2D eigenvalue weighted by Gasteiger charge is -2.41. The third-order valence-corrected chi connectivity index (χ3v) is 4.69. The van der Waals surface area contributed by atoms with Gasteiger partial charge in [0.15, 0.2) is 0 Å². The molecule has 3 heteroatoms. The van der Waals surface area contributed by atoms with E-state index in [2.05, 4.69) is 62.3 Å². The third kappa shape index (κ3) is 2.81. The van der Waals surface area contributed by atoms with Crippen molar-refractivity contribution in [3.8, 4) is 0 Å². The van der Waals surface area contributed by atoms with Gasteiger partial charge in [-0.2, -0.15) is 0 Å². The molecule has 4 unspecified atom stereocenters. The second-order valence-electron chi connectivity index (χ2n) is 10.3. The van der Waals surface area contributed by atoms with Gasteiger partial charge in [-0.3, -0.25) is 0 Å². The summed E-state index contributed by atoms with van der Waals surface area (Å²) < 4.78 is 13.0. The molecule has 116 valence electrons. The maximum atomic E-state index is 6.70. The van der Waals surface area contributed by atoms with E-state index in [1.165, 1.54) is 0 Å². The van der Waals surface area contributed by atoms with Gasteiger partial charge in [-0.15, -0.1) is 0 Å². The zero-order valence-electron chi connectivity index (χ0n) is 15.0. The fourth-order valence-electron chi connectivity index (χ4n) is 4.46. The fourth-order valence-corrected chi connectivity index (χ4v) is 4.46. The Labute approximate surface area is 126 Å². The first-order chi connectivity index (χ1) is 8.76. The van der Waals surface area contributed by atoms with E-state index in [1.54, 1.807) is 0 Å². The van der Waals surface area contributed by atoms with Crippen molar-refractivity contribution in [2.75, 3.05) is 0 Å². The molecule has 2 nitrogen and oxygen atoms in total. The van der Waals surface area contributed by atoms with E-state index >= 15 is 0 Å². The molecule has 2 fully saturated rings. The minimum Gasteiger partial charge on any atom is -0.431 e. The van der Waals surface area contributed by atoms with Crippen molar-refractivity contribution in [2.24, 2.45) is 22.2 Å². The van der Waals surface area contributed by atoms with Crippen molar-refractivity contribution in [1.29, 1.82) is 0 Å². The molecular weight excluding hydrogens is 247 g/mol. The second-order valence-corrected chi connectivity index (χ2v) is 10.3. The molecule has 2 rings (SSSR count). The Balaban J connectivity index is 2.39. The highest BCUT2D eigenvalue weighted by molar-refractivity contribution is 6.33. The average Bonchev–Trinajstić information content (AvgIpc) is 2.63. The maximum absolute atomic E-state index is 6.70. The fraction of sp³-hybridized carbons (Fsp3) is 1.00. The van der Waals surface area contributed by atoms with Gasteiger partial charge in [-0.05, 0) is 22.7 Å². The molecular formula is C17H33BO2. The molecule has 0 radical (unpaired) electrons. The van der Waals surface area contributed by atoms with Crippen LogP contribution in [-0.2, 0) is 9.39 Å². The highest BCUT2D eigenvalue weighted by Crippen LogP contribution is 2.57. The zero-order chi connectivity index (χ0) is 15.6. The average molecular weight is 280 g/mol. The van der Waals surface area contributed by atoms with Gasteiger partial charge in [0, 0.05) is 5.92 Å². The van der Waals surface area contributed by atoms with Crippen molar-refractivity contribution in [1.82, 2.24) is 0 Å². The second kappa shape index (κ2) is 4.49. The van der Waals surface area contributed by atoms with Gasteiger partial charge < -0.3 is 9.39 Å². The molecule has 0 aromatic rings. The molecule has 0 amide bonds. The van der Waals surface area contributed by atoms with Crippen LogP contribution in [0.2, 0.25) is 0 Å². The predicted octanol–water partition coefficient (Wildman–Crippen LogP) is 3.98. The van der Waals surface area contributed by atoms with Crippen LogP contribution in [0.1, 0.15) is 68.7 Å². The molecule has 0 aliphatic carbocycles. The molecule has 2 saturated heterocycles. The summed E-state index contributed by atoms with van der Waals surface area (Å²) in [6, 6.07) is 0.